The Morgan fingerprint density at radius 1 is 1.12 bits per heavy atom. The molecule has 2 rings (SSSR count). The topological polar surface area (TPSA) is 42.9 Å². The first-order valence-corrected chi connectivity index (χ1v) is 5.06. The van der Waals surface area contributed by atoms with Crippen LogP contribution >= 0.6 is 0 Å². The minimum Gasteiger partial charge on any atom is -0.298 e. The third kappa shape index (κ3) is 1.84. The van der Waals surface area contributed by atoms with Crippen LogP contribution in [0.2, 0.25) is 0 Å². The lowest BCUT2D eigenvalue weighted by molar-refractivity contribution is 0.112. The van der Waals surface area contributed by atoms with Crippen molar-refractivity contribution in [3.8, 4) is 11.1 Å². The molecule has 1 heterocycles. The first-order chi connectivity index (χ1) is 7.72. The van der Waals surface area contributed by atoms with Gasteiger partial charge in [-0.2, -0.15) is 0 Å². The van der Waals surface area contributed by atoms with Gasteiger partial charge in [0, 0.05) is 22.5 Å². The predicted molar refractivity (Wildman–Crippen MR) is 62.3 cm³/mol. The number of carbonyl (C=O) groups is 1. The molecule has 3 nitrogen and oxygen atoms in total. The Bertz CT molecular complexity index is 515. The largest absolute Gasteiger partial charge is 0.298 e. The first-order valence-electron chi connectivity index (χ1n) is 5.06. The number of hydrogen-bond donors (Lipinski definition) is 0. The third-order valence-electron chi connectivity index (χ3n) is 2.54. The zero-order valence-corrected chi connectivity index (χ0v) is 9.27. The normalized spacial score (nSPS) is 10.1. The van der Waals surface area contributed by atoms with Crippen molar-refractivity contribution in [2.24, 2.45) is 0 Å². The molecule has 0 amide bonds. The van der Waals surface area contributed by atoms with Gasteiger partial charge >= 0.3 is 0 Å². The van der Waals surface area contributed by atoms with Crippen molar-refractivity contribution in [1.29, 1.82) is 0 Å². The van der Waals surface area contributed by atoms with Crippen LogP contribution in [-0.4, -0.2) is 16.3 Å². The van der Waals surface area contributed by atoms with Gasteiger partial charge in [-0.3, -0.25) is 4.79 Å². The lowest BCUT2D eigenvalue weighted by Gasteiger charge is -2.08. The van der Waals surface area contributed by atoms with Crippen molar-refractivity contribution in [2.45, 2.75) is 13.8 Å². The van der Waals surface area contributed by atoms with Crippen molar-refractivity contribution in [2.75, 3.05) is 0 Å². The van der Waals surface area contributed by atoms with E-state index in [1.165, 1.54) is 0 Å². The fraction of sp³-hybridized carbons (Fsp3) is 0.154. The minimum atomic E-state index is 0.667. The Morgan fingerprint density at radius 3 is 2.44 bits per heavy atom. The Balaban J connectivity index is 2.62. The highest BCUT2D eigenvalue weighted by molar-refractivity contribution is 5.79. The molecule has 3 heteroatoms. The van der Waals surface area contributed by atoms with Gasteiger partial charge in [0.1, 0.15) is 12.6 Å². The summed E-state index contributed by atoms with van der Waals surface area (Å²) in [6, 6.07) is 7.47. The number of rotatable bonds is 2. The van der Waals surface area contributed by atoms with Crippen molar-refractivity contribution >= 4 is 6.29 Å². The second kappa shape index (κ2) is 4.23. The molecule has 0 fully saturated rings. The van der Waals surface area contributed by atoms with E-state index in [0.717, 1.165) is 28.8 Å². The molecule has 0 bridgehead atoms. The SMILES string of the molecule is Cc1ncnc(C)c1-c1cccc(C=O)c1. The van der Waals surface area contributed by atoms with Gasteiger partial charge in [0.15, 0.2) is 0 Å². The molecule has 1 aromatic heterocycles. The lowest BCUT2D eigenvalue weighted by atomic mass is 10.0. The van der Waals surface area contributed by atoms with Crippen molar-refractivity contribution < 1.29 is 4.79 Å². The van der Waals surface area contributed by atoms with Gasteiger partial charge in [0.2, 0.25) is 0 Å². The molecule has 80 valence electrons. The maximum atomic E-state index is 10.7. The van der Waals surface area contributed by atoms with Crippen molar-refractivity contribution in [1.82, 2.24) is 9.97 Å². The molecule has 0 atom stereocenters. The molecule has 0 aliphatic rings. The summed E-state index contributed by atoms with van der Waals surface area (Å²) in [5.41, 5.74) is 4.51. The van der Waals surface area contributed by atoms with E-state index >= 15 is 0 Å². The van der Waals surface area contributed by atoms with E-state index in [1.807, 2.05) is 32.0 Å². The maximum absolute atomic E-state index is 10.7. The van der Waals surface area contributed by atoms with Gasteiger partial charge in [-0.1, -0.05) is 18.2 Å². The molecule has 0 unspecified atom stereocenters. The van der Waals surface area contributed by atoms with Crippen LogP contribution in [0.4, 0.5) is 0 Å². The summed E-state index contributed by atoms with van der Waals surface area (Å²) in [6.07, 6.45) is 2.40. The van der Waals surface area contributed by atoms with Crippen molar-refractivity contribution in [3.05, 3.63) is 47.5 Å². The van der Waals surface area contributed by atoms with Gasteiger partial charge in [0.05, 0.1) is 0 Å². The summed E-state index contributed by atoms with van der Waals surface area (Å²) in [6.45, 7) is 3.88. The molecule has 0 N–H and O–H groups in total. The van der Waals surface area contributed by atoms with E-state index in [-0.39, 0.29) is 0 Å². The van der Waals surface area contributed by atoms with Gasteiger partial charge < -0.3 is 0 Å². The Labute approximate surface area is 94.2 Å². The molecule has 0 saturated heterocycles. The first kappa shape index (κ1) is 10.5. The molecule has 16 heavy (non-hydrogen) atoms. The highest BCUT2D eigenvalue weighted by Crippen LogP contribution is 2.24. The lowest BCUT2D eigenvalue weighted by Crippen LogP contribution is -1.95. The van der Waals surface area contributed by atoms with Gasteiger partial charge in [0.25, 0.3) is 0 Å². The van der Waals surface area contributed by atoms with Crippen LogP contribution in [0.25, 0.3) is 11.1 Å². The van der Waals surface area contributed by atoms with Crippen LogP contribution in [-0.2, 0) is 0 Å². The average molecular weight is 212 g/mol. The van der Waals surface area contributed by atoms with Crippen LogP contribution < -0.4 is 0 Å². The Morgan fingerprint density at radius 2 is 1.81 bits per heavy atom. The van der Waals surface area contributed by atoms with Gasteiger partial charge in [-0.25, -0.2) is 9.97 Å². The maximum Gasteiger partial charge on any atom is 0.150 e. The summed E-state index contributed by atoms with van der Waals surface area (Å²) in [5.74, 6) is 0. The molecule has 0 saturated carbocycles. The highest BCUT2D eigenvalue weighted by Gasteiger charge is 2.07. The van der Waals surface area contributed by atoms with E-state index in [0.29, 0.717) is 5.56 Å². The van der Waals surface area contributed by atoms with E-state index in [9.17, 15) is 4.79 Å². The fourth-order valence-electron chi connectivity index (χ4n) is 1.78. The summed E-state index contributed by atoms with van der Waals surface area (Å²) in [5, 5.41) is 0. The number of aldehydes is 1. The number of benzene rings is 1. The number of aryl methyl sites for hydroxylation is 2. The summed E-state index contributed by atoms with van der Waals surface area (Å²) < 4.78 is 0. The summed E-state index contributed by atoms with van der Waals surface area (Å²) in [4.78, 5) is 19.1. The van der Waals surface area contributed by atoms with Crippen LogP contribution in [0.3, 0.4) is 0 Å². The molecular weight excluding hydrogens is 200 g/mol. The zero-order valence-electron chi connectivity index (χ0n) is 9.27. The van der Waals surface area contributed by atoms with E-state index in [2.05, 4.69) is 9.97 Å². The quantitative estimate of drug-likeness (QED) is 0.718. The van der Waals surface area contributed by atoms with Crippen molar-refractivity contribution in [3.63, 3.8) is 0 Å². The summed E-state index contributed by atoms with van der Waals surface area (Å²) in [7, 11) is 0. The van der Waals surface area contributed by atoms with Gasteiger partial charge in [-0.05, 0) is 25.5 Å². The standard InChI is InChI=1S/C13H12N2O/c1-9-13(10(2)15-8-14-9)12-5-3-4-11(6-12)7-16/h3-8H,1-2H3. The molecule has 1 aromatic carbocycles. The highest BCUT2D eigenvalue weighted by atomic mass is 16.1. The number of hydrogen-bond acceptors (Lipinski definition) is 3. The Hall–Kier alpha value is -2.03. The third-order valence-corrected chi connectivity index (χ3v) is 2.54. The number of aromatic nitrogens is 2. The second-order valence-electron chi connectivity index (χ2n) is 3.66. The summed E-state index contributed by atoms with van der Waals surface area (Å²) >= 11 is 0. The van der Waals surface area contributed by atoms with E-state index < -0.39 is 0 Å². The minimum absolute atomic E-state index is 0.667. The van der Waals surface area contributed by atoms with Gasteiger partial charge in [-0.15, -0.1) is 0 Å². The zero-order chi connectivity index (χ0) is 11.5. The monoisotopic (exact) mass is 212 g/mol. The predicted octanol–water partition coefficient (Wildman–Crippen LogP) is 2.57. The fourth-order valence-corrected chi connectivity index (χ4v) is 1.78. The average Bonchev–Trinajstić information content (AvgIpc) is 2.29. The molecule has 2 aromatic rings. The smallest absolute Gasteiger partial charge is 0.150 e. The Kier molecular flexibility index (Phi) is 2.77. The molecule has 0 aliphatic heterocycles. The molecule has 0 spiro atoms. The van der Waals surface area contributed by atoms with Crippen LogP contribution in [0.5, 0.6) is 0 Å². The molecular formula is C13H12N2O. The number of nitrogens with zero attached hydrogens (tertiary/aromatic N) is 2. The van der Waals surface area contributed by atoms with Crippen LogP contribution in [0.15, 0.2) is 30.6 Å². The molecule has 0 aliphatic carbocycles. The second-order valence-corrected chi connectivity index (χ2v) is 3.66. The van der Waals surface area contributed by atoms with E-state index in [1.54, 1.807) is 12.4 Å². The van der Waals surface area contributed by atoms with Crippen LogP contribution in [0, 0.1) is 13.8 Å². The number of carbonyl (C=O) groups excluding carboxylic acids is 1. The van der Waals surface area contributed by atoms with E-state index in [4.69, 9.17) is 0 Å². The van der Waals surface area contributed by atoms with Crippen LogP contribution in [0.1, 0.15) is 21.7 Å². The molecule has 0 radical (unpaired) electrons.